The number of rotatable bonds is 5. The predicted octanol–water partition coefficient (Wildman–Crippen LogP) is 4.26. The zero-order valence-corrected chi connectivity index (χ0v) is 13.8. The quantitative estimate of drug-likeness (QED) is 0.885. The molecule has 3 nitrogen and oxygen atoms in total. The van der Waals surface area contributed by atoms with Gasteiger partial charge in [-0.05, 0) is 41.8 Å². The van der Waals surface area contributed by atoms with Gasteiger partial charge in [-0.3, -0.25) is 4.68 Å². The maximum absolute atomic E-state index is 11.4. The van der Waals surface area contributed by atoms with E-state index >= 15 is 0 Å². The Morgan fingerprint density at radius 2 is 1.95 bits per heavy atom. The standard InChI is InChI=1S/C16H21BrN2O/c1-4-10-16(20,13-8-6-5-7-9-13)15-14(17)11-18-19(15)12(2)3/h5-9,11-12,20H,4,10H2,1-3H3. The molecule has 0 saturated heterocycles. The van der Waals surface area contributed by atoms with E-state index in [4.69, 9.17) is 0 Å². The molecule has 0 aliphatic carbocycles. The molecule has 0 aliphatic heterocycles. The predicted molar refractivity (Wildman–Crippen MR) is 84.7 cm³/mol. The first-order chi connectivity index (χ1) is 9.50. The SMILES string of the molecule is CCCC(O)(c1ccccc1)c1c(Br)cnn1C(C)C. The van der Waals surface area contributed by atoms with Gasteiger partial charge in [0, 0.05) is 6.04 Å². The van der Waals surface area contributed by atoms with E-state index in [9.17, 15) is 5.11 Å². The molecule has 1 N–H and O–H groups in total. The van der Waals surface area contributed by atoms with Crippen molar-refractivity contribution in [1.29, 1.82) is 0 Å². The minimum Gasteiger partial charge on any atom is -0.379 e. The van der Waals surface area contributed by atoms with Gasteiger partial charge in [0.1, 0.15) is 5.60 Å². The molecule has 0 bridgehead atoms. The monoisotopic (exact) mass is 336 g/mol. The molecule has 1 aromatic carbocycles. The first kappa shape index (κ1) is 15.3. The maximum Gasteiger partial charge on any atom is 0.132 e. The van der Waals surface area contributed by atoms with Crippen LogP contribution in [0.15, 0.2) is 41.0 Å². The van der Waals surface area contributed by atoms with Crippen molar-refractivity contribution in [1.82, 2.24) is 9.78 Å². The van der Waals surface area contributed by atoms with Crippen LogP contribution in [0, 0.1) is 0 Å². The maximum atomic E-state index is 11.4. The normalized spacial score (nSPS) is 14.5. The van der Waals surface area contributed by atoms with Gasteiger partial charge in [0.15, 0.2) is 0 Å². The van der Waals surface area contributed by atoms with Crippen molar-refractivity contribution >= 4 is 15.9 Å². The Hall–Kier alpha value is -1.13. The molecule has 1 heterocycles. The summed E-state index contributed by atoms with van der Waals surface area (Å²) in [4.78, 5) is 0. The van der Waals surface area contributed by atoms with Crippen molar-refractivity contribution in [2.45, 2.75) is 45.3 Å². The second kappa shape index (κ2) is 6.10. The summed E-state index contributed by atoms with van der Waals surface area (Å²) in [5, 5.41) is 15.8. The number of hydrogen-bond acceptors (Lipinski definition) is 2. The van der Waals surface area contributed by atoms with Gasteiger partial charge in [-0.2, -0.15) is 5.10 Å². The van der Waals surface area contributed by atoms with Crippen molar-refractivity contribution in [2.75, 3.05) is 0 Å². The lowest BCUT2D eigenvalue weighted by atomic mass is 9.86. The fourth-order valence-corrected chi connectivity index (χ4v) is 3.20. The molecule has 1 unspecified atom stereocenters. The van der Waals surface area contributed by atoms with Crippen LogP contribution < -0.4 is 0 Å². The van der Waals surface area contributed by atoms with Crippen molar-refractivity contribution in [3.8, 4) is 0 Å². The Balaban J connectivity index is 2.62. The summed E-state index contributed by atoms with van der Waals surface area (Å²) in [5.74, 6) is 0. The van der Waals surface area contributed by atoms with Crippen LogP contribution in [0.25, 0.3) is 0 Å². The molecule has 0 spiro atoms. The summed E-state index contributed by atoms with van der Waals surface area (Å²) < 4.78 is 2.75. The van der Waals surface area contributed by atoms with Crippen LogP contribution in [-0.4, -0.2) is 14.9 Å². The second-order valence-electron chi connectivity index (χ2n) is 5.36. The molecule has 0 amide bonds. The van der Waals surface area contributed by atoms with Gasteiger partial charge in [0.25, 0.3) is 0 Å². The first-order valence-electron chi connectivity index (χ1n) is 7.02. The molecule has 0 aliphatic rings. The van der Waals surface area contributed by atoms with E-state index in [-0.39, 0.29) is 6.04 Å². The van der Waals surface area contributed by atoms with Gasteiger partial charge in [-0.1, -0.05) is 43.7 Å². The van der Waals surface area contributed by atoms with Gasteiger partial charge in [-0.25, -0.2) is 0 Å². The van der Waals surface area contributed by atoms with E-state index in [1.807, 2.05) is 35.0 Å². The van der Waals surface area contributed by atoms with Crippen LogP contribution >= 0.6 is 15.9 Å². The Bertz CT molecular complexity index is 565. The smallest absolute Gasteiger partial charge is 0.132 e. The fourth-order valence-electron chi connectivity index (χ4n) is 2.59. The molecule has 108 valence electrons. The third-order valence-corrected chi connectivity index (χ3v) is 4.08. The number of aliphatic hydroxyl groups is 1. The van der Waals surface area contributed by atoms with Crippen LogP contribution in [0.1, 0.15) is 50.9 Å². The van der Waals surface area contributed by atoms with Gasteiger partial charge in [-0.15, -0.1) is 0 Å². The third kappa shape index (κ3) is 2.67. The van der Waals surface area contributed by atoms with E-state index in [1.54, 1.807) is 6.20 Å². The minimum absolute atomic E-state index is 0.198. The van der Waals surface area contributed by atoms with Crippen molar-refractivity contribution in [3.05, 3.63) is 52.3 Å². The van der Waals surface area contributed by atoms with E-state index in [1.165, 1.54) is 0 Å². The number of aromatic nitrogens is 2. The average molecular weight is 337 g/mol. The lowest BCUT2D eigenvalue weighted by molar-refractivity contribution is 0.0583. The van der Waals surface area contributed by atoms with Crippen LogP contribution in [0.2, 0.25) is 0 Å². The minimum atomic E-state index is -1.02. The molecule has 4 heteroatoms. The van der Waals surface area contributed by atoms with Crippen LogP contribution in [-0.2, 0) is 5.60 Å². The summed E-state index contributed by atoms with van der Waals surface area (Å²) in [5.41, 5.74) is 0.723. The Morgan fingerprint density at radius 3 is 2.50 bits per heavy atom. The Kier molecular flexibility index (Phi) is 4.66. The molecule has 0 fully saturated rings. The average Bonchev–Trinajstić information content (AvgIpc) is 2.82. The van der Waals surface area contributed by atoms with Crippen molar-refractivity contribution < 1.29 is 5.11 Å². The summed E-state index contributed by atoms with van der Waals surface area (Å²) in [6.07, 6.45) is 3.31. The number of hydrogen-bond donors (Lipinski definition) is 1. The highest BCUT2D eigenvalue weighted by atomic mass is 79.9. The second-order valence-corrected chi connectivity index (χ2v) is 6.21. The fraction of sp³-hybridized carbons (Fsp3) is 0.438. The molecule has 2 aromatic rings. The largest absolute Gasteiger partial charge is 0.379 e. The Labute approximate surface area is 128 Å². The first-order valence-corrected chi connectivity index (χ1v) is 7.81. The third-order valence-electron chi connectivity index (χ3n) is 3.49. The van der Waals surface area contributed by atoms with Crippen LogP contribution in [0.5, 0.6) is 0 Å². The topological polar surface area (TPSA) is 38.1 Å². The Morgan fingerprint density at radius 1 is 1.30 bits per heavy atom. The lowest BCUT2D eigenvalue weighted by Gasteiger charge is -2.31. The zero-order chi connectivity index (χ0) is 14.8. The molecule has 2 rings (SSSR count). The molecule has 0 saturated carbocycles. The van der Waals surface area contributed by atoms with E-state index < -0.39 is 5.60 Å². The summed E-state index contributed by atoms with van der Waals surface area (Å²) in [6, 6.07) is 10.0. The summed E-state index contributed by atoms with van der Waals surface area (Å²) >= 11 is 3.55. The van der Waals surface area contributed by atoms with Gasteiger partial charge >= 0.3 is 0 Å². The summed E-state index contributed by atoms with van der Waals surface area (Å²) in [7, 11) is 0. The number of halogens is 1. The molecule has 20 heavy (non-hydrogen) atoms. The van der Waals surface area contributed by atoms with E-state index in [0.717, 1.165) is 22.2 Å². The van der Waals surface area contributed by atoms with Crippen molar-refractivity contribution in [3.63, 3.8) is 0 Å². The molecular weight excluding hydrogens is 316 g/mol. The van der Waals surface area contributed by atoms with Crippen LogP contribution in [0.3, 0.4) is 0 Å². The number of nitrogens with zero attached hydrogens (tertiary/aromatic N) is 2. The molecular formula is C16H21BrN2O. The lowest BCUT2D eigenvalue weighted by Crippen LogP contribution is -2.31. The van der Waals surface area contributed by atoms with E-state index in [2.05, 4.69) is 41.8 Å². The van der Waals surface area contributed by atoms with E-state index in [0.29, 0.717) is 6.42 Å². The highest BCUT2D eigenvalue weighted by molar-refractivity contribution is 9.10. The number of benzene rings is 1. The van der Waals surface area contributed by atoms with Gasteiger partial charge in [0.05, 0.1) is 16.4 Å². The van der Waals surface area contributed by atoms with Crippen molar-refractivity contribution in [2.24, 2.45) is 0 Å². The molecule has 1 atom stereocenters. The molecule has 1 aromatic heterocycles. The molecule has 0 radical (unpaired) electrons. The van der Waals surface area contributed by atoms with Gasteiger partial charge < -0.3 is 5.11 Å². The summed E-state index contributed by atoms with van der Waals surface area (Å²) in [6.45, 7) is 6.22. The zero-order valence-electron chi connectivity index (χ0n) is 12.2. The highest BCUT2D eigenvalue weighted by Crippen LogP contribution is 2.39. The van der Waals surface area contributed by atoms with Crippen LogP contribution in [0.4, 0.5) is 0 Å². The van der Waals surface area contributed by atoms with Gasteiger partial charge in [0.2, 0.25) is 0 Å². The highest BCUT2D eigenvalue weighted by Gasteiger charge is 2.36.